The Morgan fingerprint density at radius 2 is 2.20 bits per heavy atom. The molecule has 2 unspecified atom stereocenters. The molecule has 0 aliphatic carbocycles. The van der Waals surface area contributed by atoms with E-state index in [-0.39, 0.29) is 6.61 Å². The van der Waals surface area contributed by atoms with E-state index in [1.54, 1.807) is 0 Å². The van der Waals surface area contributed by atoms with Crippen LogP contribution >= 0.6 is 0 Å². The van der Waals surface area contributed by atoms with Crippen molar-refractivity contribution in [2.24, 2.45) is 5.73 Å². The molecular weight excluding hydrogens is 188 g/mol. The first-order valence-corrected chi connectivity index (χ1v) is 6.23. The van der Waals surface area contributed by atoms with Gasteiger partial charge >= 0.3 is 0 Å². The average Bonchev–Trinajstić information content (AvgIpc) is 2.21. The molecule has 0 aromatic rings. The largest absolute Gasteiger partial charge is 0.394 e. The lowest BCUT2D eigenvalue weighted by Crippen LogP contribution is -2.54. The van der Waals surface area contributed by atoms with Gasteiger partial charge in [-0.3, -0.25) is 4.90 Å². The number of aliphatic hydroxyl groups excluding tert-OH is 1. The highest BCUT2D eigenvalue weighted by Crippen LogP contribution is 2.22. The van der Waals surface area contributed by atoms with Crippen LogP contribution in [-0.2, 0) is 0 Å². The van der Waals surface area contributed by atoms with Crippen LogP contribution in [0.25, 0.3) is 0 Å². The topological polar surface area (TPSA) is 49.5 Å². The lowest BCUT2D eigenvalue weighted by atomic mass is 9.95. The van der Waals surface area contributed by atoms with E-state index in [2.05, 4.69) is 11.8 Å². The fourth-order valence-electron chi connectivity index (χ4n) is 2.44. The zero-order chi connectivity index (χ0) is 11.3. The molecule has 0 aromatic heterocycles. The van der Waals surface area contributed by atoms with Crippen LogP contribution in [0.3, 0.4) is 0 Å². The van der Waals surface area contributed by atoms with Crippen LogP contribution in [0.2, 0.25) is 0 Å². The molecule has 3 N–H and O–H groups in total. The molecule has 1 aliphatic rings. The number of piperidine rings is 1. The summed E-state index contributed by atoms with van der Waals surface area (Å²) in [6.45, 7) is 6.22. The first-order valence-electron chi connectivity index (χ1n) is 6.23. The smallest absolute Gasteiger partial charge is 0.0621 e. The molecule has 3 heteroatoms. The molecule has 1 rings (SSSR count). The van der Waals surface area contributed by atoms with Crippen molar-refractivity contribution in [3.63, 3.8) is 0 Å². The van der Waals surface area contributed by atoms with Gasteiger partial charge in [-0.1, -0.05) is 19.8 Å². The van der Waals surface area contributed by atoms with E-state index < -0.39 is 5.54 Å². The Labute approximate surface area is 93.6 Å². The maximum absolute atomic E-state index is 9.19. The van der Waals surface area contributed by atoms with Crippen LogP contribution in [0.4, 0.5) is 0 Å². The second-order valence-corrected chi connectivity index (χ2v) is 5.22. The van der Waals surface area contributed by atoms with Gasteiger partial charge in [0.2, 0.25) is 0 Å². The summed E-state index contributed by atoms with van der Waals surface area (Å²) >= 11 is 0. The zero-order valence-electron chi connectivity index (χ0n) is 10.2. The normalized spacial score (nSPS) is 27.6. The highest BCUT2D eigenvalue weighted by Gasteiger charge is 2.27. The number of nitrogens with two attached hydrogens (primary N) is 1. The summed E-state index contributed by atoms with van der Waals surface area (Å²) in [7, 11) is 0. The molecule has 0 radical (unpaired) electrons. The quantitative estimate of drug-likeness (QED) is 0.726. The Kier molecular flexibility index (Phi) is 5.03. The molecule has 1 fully saturated rings. The van der Waals surface area contributed by atoms with Gasteiger partial charge in [0.15, 0.2) is 0 Å². The van der Waals surface area contributed by atoms with Crippen molar-refractivity contribution in [3.05, 3.63) is 0 Å². The predicted molar refractivity (Wildman–Crippen MR) is 63.8 cm³/mol. The number of rotatable bonds is 5. The summed E-state index contributed by atoms with van der Waals surface area (Å²) in [6, 6.07) is 0.693. The van der Waals surface area contributed by atoms with E-state index in [1.165, 1.54) is 32.1 Å². The van der Waals surface area contributed by atoms with Crippen LogP contribution in [0, 0.1) is 0 Å². The lowest BCUT2D eigenvalue weighted by molar-refractivity contribution is 0.0871. The van der Waals surface area contributed by atoms with Crippen LogP contribution in [0.5, 0.6) is 0 Å². The fourth-order valence-corrected chi connectivity index (χ4v) is 2.44. The molecule has 0 saturated carbocycles. The van der Waals surface area contributed by atoms with Gasteiger partial charge in [0.05, 0.1) is 6.61 Å². The number of likely N-dealkylation sites (tertiary alicyclic amines) is 1. The van der Waals surface area contributed by atoms with Crippen LogP contribution in [0.15, 0.2) is 0 Å². The number of hydrogen-bond acceptors (Lipinski definition) is 3. The monoisotopic (exact) mass is 214 g/mol. The zero-order valence-corrected chi connectivity index (χ0v) is 10.2. The fraction of sp³-hybridized carbons (Fsp3) is 1.00. The summed E-state index contributed by atoms with van der Waals surface area (Å²) in [6.07, 6.45) is 6.43. The number of aliphatic hydroxyl groups is 1. The Morgan fingerprint density at radius 3 is 2.80 bits per heavy atom. The molecule has 15 heavy (non-hydrogen) atoms. The number of hydrogen-bond donors (Lipinski definition) is 2. The minimum atomic E-state index is -0.441. The van der Waals surface area contributed by atoms with E-state index in [0.717, 1.165) is 13.1 Å². The second kappa shape index (κ2) is 5.83. The summed E-state index contributed by atoms with van der Waals surface area (Å²) in [5.41, 5.74) is 5.57. The summed E-state index contributed by atoms with van der Waals surface area (Å²) in [4.78, 5) is 2.48. The van der Waals surface area contributed by atoms with E-state index in [1.807, 2.05) is 6.92 Å². The minimum absolute atomic E-state index is 0.0718. The molecule has 1 heterocycles. The Hall–Kier alpha value is -0.120. The van der Waals surface area contributed by atoms with Crippen LogP contribution in [-0.4, -0.2) is 41.3 Å². The first kappa shape index (κ1) is 12.9. The minimum Gasteiger partial charge on any atom is -0.394 e. The van der Waals surface area contributed by atoms with Crippen molar-refractivity contribution in [2.75, 3.05) is 19.7 Å². The highest BCUT2D eigenvalue weighted by atomic mass is 16.3. The summed E-state index contributed by atoms with van der Waals surface area (Å²) in [5, 5.41) is 9.19. The van der Waals surface area contributed by atoms with E-state index >= 15 is 0 Å². The summed E-state index contributed by atoms with van der Waals surface area (Å²) in [5.74, 6) is 0. The maximum atomic E-state index is 9.19. The molecule has 0 spiro atoms. The Balaban J connectivity index is 2.48. The van der Waals surface area contributed by atoms with Crippen molar-refractivity contribution in [3.8, 4) is 0 Å². The predicted octanol–water partition coefficient (Wildman–Crippen LogP) is 1.35. The van der Waals surface area contributed by atoms with Gasteiger partial charge in [0.1, 0.15) is 0 Å². The van der Waals surface area contributed by atoms with Crippen molar-refractivity contribution in [1.29, 1.82) is 0 Å². The molecule has 3 nitrogen and oxygen atoms in total. The third-order valence-corrected chi connectivity index (χ3v) is 3.30. The van der Waals surface area contributed by atoms with E-state index in [4.69, 9.17) is 5.73 Å². The lowest BCUT2D eigenvalue weighted by Gasteiger charge is -2.40. The number of nitrogens with zero attached hydrogens (tertiary/aromatic N) is 1. The van der Waals surface area contributed by atoms with Crippen molar-refractivity contribution >= 4 is 0 Å². The standard InChI is InChI=1S/C12H26N2O/c1-3-6-11-7-4-5-8-14(11)9-12(2,13)10-15/h11,15H,3-10,13H2,1-2H3. The van der Waals surface area contributed by atoms with Crippen molar-refractivity contribution in [1.82, 2.24) is 4.90 Å². The maximum Gasteiger partial charge on any atom is 0.0621 e. The van der Waals surface area contributed by atoms with Gasteiger partial charge in [0.25, 0.3) is 0 Å². The molecule has 0 bridgehead atoms. The molecule has 90 valence electrons. The second-order valence-electron chi connectivity index (χ2n) is 5.22. The highest BCUT2D eigenvalue weighted by molar-refractivity contribution is 4.86. The Morgan fingerprint density at radius 1 is 1.47 bits per heavy atom. The molecule has 1 saturated heterocycles. The van der Waals surface area contributed by atoms with Gasteiger partial charge in [-0.05, 0) is 32.7 Å². The molecule has 0 aromatic carbocycles. The molecule has 1 aliphatic heterocycles. The SMILES string of the molecule is CCCC1CCCCN1CC(C)(N)CO. The van der Waals surface area contributed by atoms with Gasteiger partial charge in [-0.25, -0.2) is 0 Å². The summed E-state index contributed by atoms with van der Waals surface area (Å²) < 4.78 is 0. The third-order valence-electron chi connectivity index (χ3n) is 3.30. The first-order chi connectivity index (χ1) is 7.09. The molecule has 2 atom stereocenters. The van der Waals surface area contributed by atoms with Gasteiger partial charge < -0.3 is 10.8 Å². The van der Waals surface area contributed by atoms with Gasteiger partial charge in [0, 0.05) is 18.1 Å². The van der Waals surface area contributed by atoms with Crippen molar-refractivity contribution in [2.45, 2.75) is 57.5 Å². The third kappa shape index (κ3) is 4.09. The van der Waals surface area contributed by atoms with Crippen molar-refractivity contribution < 1.29 is 5.11 Å². The Bertz CT molecular complexity index is 180. The average molecular weight is 214 g/mol. The van der Waals surface area contributed by atoms with E-state index in [0.29, 0.717) is 6.04 Å². The van der Waals surface area contributed by atoms with Gasteiger partial charge in [-0.15, -0.1) is 0 Å². The molecular formula is C12H26N2O. The van der Waals surface area contributed by atoms with Gasteiger partial charge in [-0.2, -0.15) is 0 Å². The van der Waals surface area contributed by atoms with Crippen LogP contribution < -0.4 is 5.73 Å². The van der Waals surface area contributed by atoms with Crippen LogP contribution in [0.1, 0.15) is 46.0 Å². The molecule has 0 amide bonds. The van der Waals surface area contributed by atoms with E-state index in [9.17, 15) is 5.11 Å².